The van der Waals surface area contributed by atoms with Gasteiger partial charge >= 0.3 is 0 Å². The minimum atomic E-state index is -0.160. The van der Waals surface area contributed by atoms with Crippen molar-refractivity contribution in [3.63, 3.8) is 0 Å². The Balaban J connectivity index is 1.36. The van der Waals surface area contributed by atoms with Crippen LogP contribution in [0.4, 0.5) is 0 Å². The number of carbonyl (C=O) groups excluding carboxylic acids is 1. The molecule has 0 fully saturated rings. The third-order valence-corrected chi connectivity index (χ3v) is 5.07. The first-order valence-electron chi connectivity index (χ1n) is 9.54. The van der Waals surface area contributed by atoms with Crippen molar-refractivity contribution in [2.45, 2.75) is 32.4 Å². The lowest BCUT2D eigenvalue weighted by Gasteiger charge is -2.29. The SMILES string of the molecule is O=C(CCCn1nc(-c2cccnc2)ccc1=O)N1CCc2ccccc2C1. The van der Waals surface area contributed by atoms with E-state index in [1.807, 2.05) is 29.2 Å². The fraction of sp³-hybridized carbons (Fsp3) is 0.273. The molecule has 0 radical (unpaired) electrons. The second-order valence-electron chi connectivity index (χ2n) is 6.96. The summed E-state index contributed by atoms with van der Waals surface area (Å²) in [5.74, 6) is 0.131. The van der Waals surface area contributed by atoms with Gasteiger partial charge in [0.05, 0.1) is 5.69 Å². The van der Waals surface area contributed by atoms with Gasteiger partial charge in [0.15, 0.2) is 0 Å². The predicted molar refractivity (Wildman–Crippen MR) is 107 cm³/mol. The van der Waals surface area contributed by atoms with Crippen LogP contribution in [0.3, 0.4) is 0 Å². The molecule has 1 aromatic carbocycles. The summed E-state index contributed by atoms with van der Waals surface area (Å²) < 4.78 is 1.43. The molecule has 0 unspecified atom stereocenters. The van der Waals surface area contributed by atoms with Gasteiger partial charge in [-0.25, -0.2) is 4.68 Å². The molecule has 0 bridgehead atoms. The number of amides is 1. The van der Waals surface area contributed by atoms with E-state index < -0.39 is 0 Å². The number of carbonyl (C=O) groups is 1. The van der Waals surface area contributed by atoms with Crippen molar-refractivity contribution >= 4 is 5.91 Å². The van der Waals surface area contributed by atoms with Gasteiger partial charge in [-0.1, -0.05) is 24.3 Å². The Hall–Kier alpha value is -3.28. The van der Waals surface area contributed by atoms with Gasteiger partial charge in [0.1, 0.15) is 0 Å². The Morgan fingerprint density at radius 3 is 2.71 bits per heavy atom. The fourth-order valence-electron chi connectivity index (χ4n) is 3.52. The summed E-state index contributed by atoms with van der Waals surface area (Å²) in [6, 6.07) is 15.2. The third-order valence-electron chi connectivity index (χ3n) is 5.07. The van der Waals surface area contributed by atoms with Crippen LogP contribution in [0.25, 0.3) is 11.3 Å². The topological polar surface area (TPSA) is 68.1 Å². The van der Waals surface area contributed by atoms with E-state index in [0.717, 1.165) is 18.5 Å². The normalized spacial score (nSPS) is 13.2. The summed E-state index contributed by atoms with van der Waals surface area (Å²) in [4.78, 5) is 30.7. The van der Waals surface area contributed by atoms with E-state index in [1.165, 1.54) is 21.9 Å². The van der Waals surface area contributed by atoms with Crippen molar-refractivity contribution in [1.82, 2.24) is 19.7 Å². The number of fused-ring (bicyclic) bond motifs is 1. The molecule has 1 aliphatic rings. The van der Waals surface area contributed by atoms with Crippen LogP contribution in [-0.2, 0) is 24.3 Å². The van der Waals surface area contributed by atoms with Gasteiger partial charge in [0.25, 0.3) is 5.56 Å². The second kappa shape index (κ2) is 8.17. The van der Waals surface area contributed by atoms with Crippen molar-refractivity contribution in [2.75, 3.05) is 6.54 Å². The number of hydrogen-bond donors (Lipinski definition) is 0. The minimum Gasteiger partial charge on any atom is -0.338 e. The zero-order valence-electron chi connectivity index (χ0n) is 15.6. The first-order chi connectivity index (χ1) is 13.7. The van der Waals surface area contributed by atoms with Crippen LogP contribution in [0.5, 0.6) is 0 Å². The number of hydrogen-bond acceptors (Lipinski definition) is 4. The van der Waals surface area contributed by atoms with Crippen molar-refractivity contribution in [2.24, 2.45) is 0 Å². The molecule has 6 nitrogen and oxygen atoms in total. The van der Waals surface area contributed by atoms with Gasteiger partial charge in [-0.15, -0.1) is 0 Å². The summed E-state index contributed by atoms with van der Waals surface area (Å²) in [7, 11) is 0. The molecule has 0 spiro atoms. The monoisotopic (exact) mass is 374 g/mol. The van der Waals surface area contributed by atoms with Gasteiger partial charge in [0.2, 0.25) is 5.91 Å². The lowest BCUT2D eigenvalue weighted by atomic mass is 9.99. The summed E-state index contributed by atoms with van der Waals surface area (Å²) in [6.45, 7) is 1.84. The highest BCUT2D eigenvalue weighted by atomic mass is 16.2. The zero-order chi connectivity index (χ0) is 19.3. The Morgan fingerprint density at radius 1 is 1.04 bits per heavy atom. The molecular weight excluding hydrogens is 352 g/mol. The van der Waals surface area contributed by atoms with E-state index in [2.05, 4.69) is 22.2 Å². The average molecular weight is 374 g/mol. The molecule has 3 aromatic rings. The standard InChI is InChI=1S/C22H22N4O2/c27-21(25-14-11-17-5-1-2-6-19(17)16-25)8-4-13-26-22(28)10-9-20(24-26)18-7-3-12-23-15-18/h1-3,5-7,9-10,12,15H,4,8,11,13-14,16H2. The van der Waals surface area contributed by atoms with Crippen molar-refractivity contribution in [1.29, 1.82) is 0 Å². The minimum absolute atomic E-state index is 0.131. The van der Waals surface area contributed by atoms with Gasteiger partial charge in [-0.05, 0) is 42.2 Å². The quantitative estimate of drug-likeness (QED) is 0.689. The Morgan fingerprint density at radius 2 is 1.89 bits per heavy atom. The van der Waals surface area contributed by atoms with Crippen LogP contribution >= 0.6 is 0 Å². The van der Waals surface area contributed by atoms with E-state index in [9.17, 15) is 9.59 Å². The molecule has 0 aliphatic carbocycles. The predicted octanol–water partition coefficient (Wildman–Crippen LogP) is 2.67. The highest BCUT2D eigenvalue weighted by molar-refractivity contribution is 5.76. The zero-order valence-corrected chi connectivity index (χ0v) is 15.6. The van der Waals surface area contributed by atoms with E-state index in [1.54, 1.807) is 18.5 Å². The summed E-state index contributed by atoms with van der Waals surface area (Å²) in [5.41, 5.74) is 3.96. The lowest BCUT2D eigenvalue weighted by Crippen LogP contribution is -2.36. The van der Waals surface area contributed by atoms with E-state index >= 15 is 0 Å². The first-order valence-corrected chi connectivity index (χ1v) is 9.54. The molecule has 3 heterocycles. The number of rotatable bonds is 5. The highest BCUT2D eigenvalue weighted by Crippen LogP contribution is 2.19. The molecule has 0 saturated heterocycles. The number of aryl methyl sites for hydroxylation is 1. The van der Waals surface area contributed by atoms with Crippen LogP contribution in [0.1, 0.15) is 24.0 Å². The van der Waals surface area contributed by atoms with Crippen molar-refractivity contribution in [3.05, 3.63) is 82.4 Å². The van der Waals surface area contributed by atoms with Crippen LogP contribution in [0, 0.1) is 0 Å². The summed E-state index contributed by atoms with van der Waals surface area (Å²) in [5, 5.41) is 4.42. The molecule has 4 rings (SSSR count). The van der Waals surface area contributed by atoms with E-state index in [-0.39, 0.29) is 11.5 Å². The molecule has 0 N–H and O–H groups in total. The average Bonchev–Trinajstić information content (AvgIpc) is 2.75. The maximum Gasteiger partial charge on any atom is 0.266 e. The number of aromatic nitrogens is 3. The Kier molecular flexibility index (Phi) is 5.28. The van der Waals surface area contributed by atoms with Crippen LogP contribution in [-0.4, -0.2) is 32.1 Å². The van der Waals surface area contributed by atoms with Gasteiger partial charge in [-0.3, -0.25) is 14.6 Å². The van der Waals surface area contributed by atoms with E-state index in [4.69, 9.17) is 0 Å². The molecular formula is C22H22N4O2. The Bertz CT molecular complexity index is 1030. The fourth-order valence-corrected chi connectivity index (χ4v) is 3.52. The number of pyridine rings is 1. The van der Waals surface area contributed by atoms with Gasteiger partial charge in [0, 0.05) is 50.1 Å². The van der Waals surface area contributed by atoms with Crippen molar-refractivity contribution in [3.8, 4) is 11.3 Å². The second-order valence-corrected chi connectivity index (χ2v) is 6.96. The molecule has 142 valence electrons. The maximum absolute atomic E-state index is 12.6. The number of benzene rings is 1. The maximum atomic E-state index is 12.6. The molecule has 1 amide bonds. The number of nitrogens with zero attached hydrogens (tertiary/aromatic N) is 4. The van der Waals surface area contributed by atoms with Gasteiger partial charge < -0.3 is 4.90 Å². The van der Waals surface area contributed by atoms with Crippen LogP contribution in [0.15, 0.2) is 65.7 Å². The summed E-state index contributed by atoms with van der Waals surface area (Å²) >= 11 is 0. The molecule has 6 heteroatoms. The molecule has 28 heavy (non-hydrogen) atoms. The van der Waals surface area contributed by atoms with Crippen molar-refractivity contribution < 1.29 is 4.79 Å². The smallest absolute Gasteiger partial charge is 0.266 e. The largest absolute Gasteiger partial charge is 0.338 e. The Labute approximate surface area is 163 Å². The van der Waals surface area contributed by atoms with Crippen LogP contribution < -0.4 is 5.56 Å². The molecule has 0 atom stereocenters. The molecule has 0 saturated carbocycles. The molecule has 1 aliphatic heterocycles. The summed E-state index contributed by atoms with van der Waals surface area (Å²) in [6.07, 6.45) is 5.31. The van der Waals surface area contributed by atoms with E-state index in [0.29, 0.717) is 31.6 Å². The first kappa shape index (κ1) is 18.1. The lowest BCUT2D eigenvalue weighted by molar-refractivity contribution is -0.132. The highest BCUT2D eigenvalue weighted by Gasteiger charge is 2.19. The molecule has 2 aromatic heterocycles. The van der Waals surface area contributed by atoms with Crippen LogP contribution in [0.2, 0.25) is 0 Å². The third kappa shape index (κ3) is 4.01. The van der Waals surface area contributed by atoms with Gasteiger partial charge in [-0.2, -0.15) is 5.10 Å².